The lowest BCUT2D eigenvalue weighted by Crippen LogP contribution is -2.57. The normalized spacial score (nSPS) is 13.7. The fourth-order valence-electron chi connectivity index (χ4n) is 6.05. The van der Waals surface area contributed by atoms with Crippen molar-refractivity contribution in [3.05, 3.63) is 138 Å². The van der Waals surface area contributed by atoms with E-state index in [9.17, 15) is 59.2 Å². The molecule has 0 spiro atoms. The fourth-order valence-corrected chi connectivity index (χ4v) is 6.49. The zero-order valence-electron chi connectivity index (χ0n) is 34.2. The second kappa shape index (κ2) is 23.4. The van der Waals surface area contributed by atoms with Crippen molar-refractivity contribution >= 4 is 81.4 Å². The number of carbonyl (C=O) groups is 6. The molecular formula is C42H44Cl2N8O12. The van der Waals surface area contributed by atoms with Gasteiger partial charge in [0.25, 0.3) is 11.4 Å². The van der Waals surface area contributed by atoms with Gasteiger partial charge in [0.05, 0.1) is 43.5 Å². The van der Waals surface area contributed by atoms with Crippen LogP contribution in [0.3, 0.4) is 0 Å². The molecule has 4 aromatic rings. The third-order valence-electron chi connectivity index (χ3n) is 9.42. The third kappa shape index (κ3) is 14.8. The summed E-state index contributed by atoms with van der Waals surface area (Å²) in [4.78, 5) is 101. The Balaban J connectivity index is 1.40. The molecule has 8 N–H and O–H groups in total. The number of nitrogens with one attached hydrogen (secondary N) is 6. The van der Waals surface area contributed by atoms with Crippen molar-refractivity contribution in [3.8, 4) is 0 Å². The van der Waals surface area contributed by atoms with Crippen molar-refractivity contribution in [1.29, 1.82) is 0 Å². The molecule has 338 valence electrons. The summed E-state index contributed by atoms with van der Waals surface area (Å²) in [5, 5.41) is 57.7. The Morgan fingerprint density at radius 1 is 0.547 bits per heavy atom. The highest BCUT2D eigenvalue weighted by Crippen LogP contribution is 2.28. The Hall–Kier alpha value is -7.00. The number of nitro benzene ring substituents is 2. The molecule has 0 aliphatic carbocycles. The molecule has 6 amide bonds. The number of rotatable bonds is 21. The van der Waals surface area contributed by atoms with Crippen LogP contribution >= 0.6 is 23.2 Å². The second-order valence-electron chi connectivity index (χ2n) is 14.4. The van der Waals surface area contributed by atoms with E-state index in [1.165, 1.54) is 26.0 Å². The van der Waals surface area contributed by atoms with Gasteiger partial charge in [0, 0.05) is 49.9 Å². The van der Waals surface area contributed by atoms with E-state index >= 15 is 0 Å². The number of aliphatic hydroxyl groups excluding tert-OH is 2. The van der Waals surface area contributed by atoms with Crippen molar-refractivity contribution in [1.82, 2.24) is 21.3 Å². The number of aliphatic hydroxyl groups is 2. The molecule has 0 saturated carbocycles. The molecule has 0 radical (unpaired) electrons. The van der Waals surface area contributed by atoms with E-state index in [1.807, 2.05) is 0 Å². The maximum atomic E-state index is 13.5. The summed E-state index contributed by atoms with van der Waals surface area (Å²) >= 11 is 12.3. The van der Waals surface area contributed by atoms with Crippen LogP contribution in [0.5, 0.6) is 0 Å². The molecule has 4 rings (SSSR count). The average molecular weight is 924 g/mol. The molecule has 22 heteroatoms. The van der Waals surface area contributed by atoms with Gasteiger partial charge in [-0.05, 0) is 37.1 Å². The molecule has 0 aromatic heterocycles. The zero-order valence-corrected chi connectivity index (χ0v) is 35.7. The summed E-state index contributed by atoms with van der Waals surface area (Å²) < 4.78 is 0. The van der Waals surface area contributed by atoms with Gasteiger partial charge in [0.1, 0.15) is 24.2 Å². The molecule has 0 fully saturated rings. The smallest absolute Gasteiger partial charge is 0.271 e. The summed E-state index contributed by atoms with van der Waals surface area (Å²) in [6.45, 7) is 2.41. The summed E-state index contributed by atoms with van der Waals surface area (Å²) in [5.74, 6) is -5.29. The molecule has 0 aliphatic rings. The van der Waals surface area contributed by atoms with Crippen LogP contribution in [0.4, 0.5) is 22.7 Å². The molecule has 3 unspecified atom stereocenters. The number of nitro groups is 2. The van der Waals surface area contributed by atoms with E-state index in [4.69, 9.17) is 23.2 Å². The maximum Gasteiger partial charge on any atom is 0.271 e. The number of halogens is 2. The van der Waals surface area contributed by atoms with Gasteiger partial charge in [-0.15, -0.1) is 0 Å². The molecule has 0 aliphatic heterocycles. The highest BCUT2D eigenvalue weighted by atomic mass is 35.5. The van der Waals surface area contributed by atoms with E-state index in [2.05, 4.69) is 31.9 Å². The number of hydrogen-bond acceptors (Lipinski definition) is 12. The zero-order chi connectivity index (χ0) is 47.1. The first-order valence-electron chi connectivity index (χ1n) is 19.5. The van der Waals surface area contributed by atoms with Crippen LogP contribution in [0.15, 0.2) is 97.1 Å². The summed E-state index contributed by atoms with van der Waals surface area (Å²) in [6.07, 6.45) is -4.29. The lowest BCUT2D eigenvalue weighted by molar-refractivity contribution is -0.385. The number of benzene rings is 4. The van der Waals surface area contributed by atoms with Gasteiger partial charge in [-0.2, -0.15) is 0 Å². The molecule has 64 heavy (non-hydrogen) atoms. The van der Waals surface area contributed by atoms with Crippen LogP contribution in [-0.4, -0.2) is 91.9 Å². The molecule has 0 bridgehead atoms. The minimum Gasteiger partial charge on any atom is -0.391 e. The number of nitrogens with zero attached hydrogens (tertiary/aromatic N) is 2. The Bertz CT molecular complexity index is 2190. The lowest BCUT2D eigenvalue weighted by Gasteiger charge is -2.25. The molecule has 0 heterocycles. The number of hydrogen-bond donors (Lipinski definition) is 8. The Morgan fingerprint density at radius 2 is 0.891 bits per heavy atom. The van der Waals surface area contributed by atoms with Gasteiger partial charge in [-0.1, -0.05) is 83.9 Å². The number of amides is 6. The van der Waals surface area contributed by atoms with Crippen LogP contribution in [0, 0.1) is 20.2 Å². The number of non-ortho nitro benzene ring substituents is 2. The van der Waals surface area contributed by atoms with Crippen LogP contribution < -0.4 is 31.9 Å². The van der Waals surface area contributed by atoms with Crippen molar-refractivity contribution in [3.63, 3.8) is 0 Å². The average Bonchev–Trinajstić information content (AvgIpc) is 3.25. The molecule has 0 saturated heterocycles. The van der Waals surface area contributed by atoms with E-state index in [-0.39, 0.29) is 45.6 Å². The van der Waals surface area contributed by atoms with E-state index in [0.717, 1.165) is 24.3 Å². The predicted molar refractivity (Wildman–Crippen MR) is 234 cm³/mol. The minimum absolute atomic E-state index is 0.0149. The van der Waals surface area contributed by atoms with Crippen molar-refractivity contribution in [2.24, 2.45) is 0 Å². The number of carbonyl (C=O) groups excluding carboxylic acids is 6. The largest absolute Gasteiger partial charge is 0.391 e. The first-order valence-corrected chi connectivity index (χ1v) is 20.2. The van der Waals surface area contributed by atoms with Gasteiger partial charge < -0.3 is 42.1 Å². The minimum atomic E-state index is -1.63. The van der Waals surface area contributed by atoms with Crippen LogP contribution in [0.2, 0.25) is 10.0 Å². The maximum absolute atomic E-state index is 13.5. The second-order valence-corrected chi connectivity index (χ2v) is 15.2. The lowest BCUT2D eigenvalue weighted by atomic mass is 10.0. The summed E-state index contributed by atoms with van der Waals surface area (Å²) in [6, 6.07) is 17.9. The molecule has 4 aromatic carbocycles. The first kappa shape index (κ1) is 49.7. The standard InChI is InChI=1S/C42H44Cl2N8O12/c1-23(53)37(41(59)47-33(19-25-9-5-3-6-10-25)39(57)45-31-15-13-27(51(61)62)21-29(31)43)49-35(55)17-18-36(56)50-38(24(2)54)42(60)48-34(20-26-11-7-4-8-12-26)40(58)46-32-16-14-28(52(63)64)22-30(32)44/h3-16,21-24,33-34,37-38,53-54H,17-20H2,1-2H3,(H,45,57)(H,46,58)(H,47,59)(H,48,60)(H,49,55)(H,50,56)/t23?,24?,33-,34?,37-,38-/m0/s1. The topological polar surface area (TPSA) is 301 Å². The SMILES string of the molecule is CC(O)[C@H](NC(=O)CCC(=O)N[C@H](C(=O)N[C@@H](Cc1ccccc1)C(=O)Nc1ccc([N+](=O)[O-])cc1Cl)C(C)O)C(=O)NC(Cc1ccccc1)C(=O)Nc1ccc([N+](=O)[O-])cc1Cl. The van der Waals surface area contributed by atoms with E-state index < -0.39 is 94.5 Å². The third-order valence-corrected chi connectivity index (χ3v) is 10.0. The molecule has 6 atom stereocenters. The predicted octanol–water partition coefficient (Wildman–Crippen LogP) is 3.35. The van der Waals surface area contributed by atoms with Gasteiger partial charge in [-0.3, -0.25) is 49.0 Å². The van der Waals surface area contributed by atoms with Gasteiger partial charge in [0.2, 0.25) is 35.4 Å². The van der Waals surface area contributed by atoms with Gasteiger partial charge in [-0.25, -0.2) is 0 Å². The van der Waals surface area contributed by atoms with Gasteiger partial charge >= 0.3 is 0 Å². The van der Waals surface area contributed by atoms with Crippen LogP contribution in [0.1, 0.15) is 37.8 Å². The van der Waals surface area contributed by atoms with Crippen molar-refractivity contribution < 1.29 is 48.8 Å². The Morgan fingerprint density at radius 3 is 1.19 bits per heavy atom. The summed E-state index contributed by atoms with van der Waals surface area (Å²) in [7, 11) is 0. The highest BCUT2D eigenvalue weighted by Gasteiger charge is 2.33. The Labute approximate surface area is 375 Å². The van der Waals surface area contributed by atoms with Crippen molar-refractivity contribution in [2.45, 2.75) is 75.9 Å². The van der Waals surface area contributed by atoms with Crippen LogP contribution in [0.25, 0.3) is 0 Å². The van der Waals surface area contributed by atoms with E-state index in [0.29, 0.717) is 11.1 Å². The fraction of sp³-hybridized carbons (Fsp3) is 0.286. The van der Waals surface area contributed by atoms with E-state index in [1.54, 1.807) is 60.7 Å². The molecule has 20 nitrogen and oxygen atoms in total. The highest BCUT2D eigenvalue weighted by molar-refractivity contribution is 6.34. The monoisotopic (exact) mass is 922 g/mol. The Kier molecular flexibility index (Phi) is 18.2. The summed E-state index contributed by atoms with van der Waals surface area (Å²) in [5.41, 5.74) is 0.625. The number of anilines is 2. The van der Waals surface area contributed by atoms with Crippen LogP contribution in [-0.2, 0) is 41.6 Å². The first-order chi connectivity index (χ1) is 30.3. The van der Waals surface area contributed by atoms with Crippen molar-refractivity contribution in [2.75, 3.05) is 10.6 Å². The molecular weight excluding hydrogens is 879 g/mol. The quantitative estimate of drug-likeness (QED) is 0.0441. The van der Waals surface area contributed by atoms with Gasteiger partial charge in [0.15, 0.2) is 0 Å².